The summed E-state index contributed by atoms with van der Waals surface area (Å²) in [6.45, 7) is 3.55. The predicted octanol–water partition coefficient (Wildman–Crippen LogP) is 4.51. The van der Waals surface area contributed by atoms with Gasteiger partial charge in [0.1, 0.15) is 24.7 Å². The van der Waals surface area contributed by atoms with E-state index in [1.807, 2.05) is 12.1 Å². The van der Waals surface area contributed by atoms with Crippen LogP contribution >= 0.6 is 0 Å². The molecule has 0 saturated carbocycles. The zero-order valence-electron chi connectivity index (χ0n) is 14.4. The molecule has 0 spiro atoms. The Bertz CT molecular complexity index is 821. The van der Waals surface area contributed by atoms with Gasteiger partial charge in [0.05, 0.1) is 11.1 Å². The maximum absolute atomic E-state index is 13.1. The lowest BCUT2D eigenvalue weighted by Crippen LogP contribution is -2.48. The summed E-state index contributed by atoms with van der Waals surface area (Å²) in [6, 6.07) is 11.0. The number of halogens is 3. The van der Waals surface area contributed by atoms with E-state index < -0.39 is 11.7 Å². The number of hydrogen-bond acceptors (Lipinski definition) is 3. The average Bonchev–Trinajstić information content (AvgIpc) is 3.01. The van der Waals surface area contributed by atoms with Gasteiger partial charge < -0.3 is 14.8 Å². The molecule has 2 aromatic rings. The van der Waals surface area contributed by atoms with Crippen LogP contribution in [0, 0.1) is 0 Å². The van der Waals surface area contributed by atoms with Gasteiger partial charge in [0.25, 0.3) is 0 Å². The number of nitrogens with one attached hydrogen (secondary N) is 1. The zero-order chi connectivity index (χ0) is 18.4. The van der Waals surface area contributed by atoms with Crippen LogP contribution in [0.4, 0.5) is 13.2 Å². The van der Waals surface area contributed by atoms with E-state index in [-0.39, 0.29) is 17.7 Å². The van der Waals surface area contributed by atoms with Crippen molar-refractivity contribution in [1.29, 1.82) is 0 Å². The van der Waals surface area contributed by atoms with Crippen LogP contribution in [0.5, 0.6) is 11.5 Å². The number of rotatable bonds is 3. The lowest BCUT2D eigenvalue weighted by molar-refractivity contribution is -0.138. The van der Waals surface area contributed by atoms with Crippen LogP contribution < -0.4 is 14.8 Å². The quantitative estimate of drug-likeness (QED) is 0.870. The fourth-order valence-corrected chi connectivity index (χ4v) is 3.92. The van der Waals surface area contributed by atoms with Gasteiger partial charge in [-0.1, -0.05) is 24.3 Å². The van der Waals surface area contributed by atoms with E-state index >= 15 is 0 Å². The third kappa shape index (κ3) is 3.03. The second-order valence-electron chi connectivity index (χ2n) is 7.12. The van der Waals surface area contributed by atoms with Gasteiger partial charge in [0.15, 0.2) is 0 Å². The number of ether oxygens (including phenoxy) is 2. The first kappa shape index (κ1) is 17.2. The smallest absolute Gasteiger partial charge is 0.416 e. The van der Waals surface area contributed by atoms with Crippen LogP contribution in [0.1, 0.15) is 36.0 Å². The minimum atomic E-state index is -4.39. The summed E-state index contributed by atoms with van der Waals surface area (Å²) in [4.78, 5) is 0. The van der Waals surface area contributed by atoms with E-state index in [2.05, 4.69) is 12.2 Å². The SMILES string of the molecule is C[C@@]12COc3cc(OCc4ccccc4C(F)(F)F)ccc3[C@@H]1CCN2. The van der Waals surface area contributed by atoms with Crippen LogP contribution in [0.15, 0.2) is 42.5 Å². The van der Waals surface area contributed by atoms with Crippen LogP contribution in [-0.2, 0) is 12.8 Å². The molecule has 1 saturated heterocycles. The molecule has 26 heavy (non-hydrogen) atoms. The topological polar surface area (TPSA) is 30.5 Å². The van der Waals surface area contributed by atoms with E-state index in [1.54, 1.807) is 12.1 Å². The molecule has 6 heteroatoms. The van der Waals surface area contributed by atoms with E-state index in [1.165, 1.54) is 12.1 Å². The highest BCUT2D eigenvalue weighted by molar-refractivity contribution is 5.46. The van der Waals surface area contributed by atoms with Crippen LogP contribution in [-0.4, -0.2) is 18.7 Å². The summed E-state index contributed by atoms with van der Waals surface area (Å²) in [5, 5.41) is 3.49. The largest absolute Gasteiger partial charge is 0.491 e. The van der Waals surface area contributed by atoms with Crippen LogP contribution in [0.3, 0.4) is 0 Å². The summed E-state index contributed by atoms with van der Waals surface area (Å²) >= 11 is 0. The first-order valence-electron chi connectivity index (χ1n) is 8.66. The predicted molar refractivity (Wildman–Crippen MR) is 91.5 cm³/mol. The molecule has 2 aliphatic rings. The summed E-state index contributed by atoms with van der Waals surface area (Å²) in [5.74, 6) is 1.65. The van der Waals surface area contributed by atoms with Gasteiger partial charge >= 0.3 is 6.18 Å². The second kappa shape index (κ2) is 6.20. The van der Waals surface area contributed by atoms with Crippen molar-refractivity contribution in [2.45, 2.75) is 37.6 Å². The van der Waals surface area contributed by atoms with Crippen molar-refractivity contribution in [3.8, 4) is 11.5 Å². The standard InChI is InChI=1S/C20H20F3NO2/c1-19-12-26-18-10-14(6-7-15(18)17(19)8-9-24-19)25-11-13-4-2-3-5-16(13)20(21,22)23/h2-7,10,17,24H,8-9,11-12H2,1H3/t17-,19+/m0/s1. The Kier molecular flexibility index (Phi) is 4.10. The molecule has 0 bridgehead atoms. The molecule has 2 heterocycles. The molecule has 138 valence electrons. The third-order valence-electron chi connectivity index (χ3n) is 5.34. The molecule has 0 amide bonds. The highest BCUT2D eigenvalue weighted by Gasteiger charge is 2.44. The van der Waals surface area contributed by atoms with Crippen LogP contribution in [0.2, 0.25) is 0 Å². The van der Waals surface area contributed by atoms with Gasteiger partial charge in [-0.25, -0.2) is 0 Å². The Morgan fingerprint density at radius 2 is 2.04 bits per heavy atom. The minimum Gasteiger partial charge on any atom is -0.491 e. The number of fused-ring (bicyclic) bond motifs is 3. The lowest BCUT2D eigenvalue weighted by atomic mass is 9.80. The molecule has 1 N–H and O–H groups in total. The highest BCUT2D eigenvalue weighted by atomic mass is 19.4. The first-order chi connectivity index (χ1) is 12.4. The second-order valence-corrected chi connectivity index (χ2v) is 7.12. The fourth-order valence-electron chi connectivity index (χ4n) is 3.92. The third-order valence-corrected chi connectivity index (χ3v) is 5.34. The zero-order valence-corrected chi connectivity index (χ0v) is 14.4. The number of alkyl halides is 3. The van der Waals surface area contributed by atoms with Crippen molar-refractivity contribution in [1.82, 2.24) is 5.32 Å². The molecule has 0 aliphatic carbocycles. The fraction of sp³-hybridized carbons (Fsp3) is 0.400. The van der Waals surface area contributed by atoms with Crippen molar-refractivity contribution >= 4 is 0 Å². The summed E-state index contributed by atoms with van der Waals surface area (Å²) in [7, 11) is 0. The van der Waals surface area contributed by atoms with E-state index in [0.29, 0.717) is 18.3 Å². The summed E-state index contributed by atoms with van der Waals surface area (Å²) in [5.41, 5.74) is 0.529. The monoisotopic (exact) mass is 363 g/mol. The Hall–Kier alpha value is -2.21. The Morgan fingerprint density at radius 3 is 2.85 bits per heavy atom. The molecular formula is C20H20F3NO2. The number of hydrogen-bond donors (Lipinski definition) is 1. The van der Waals surface area contributed by atoms with Gasteiger partial charge in [-0.3, -0.25) is 0 Å². The first-order valence-corrected chi connectivity index (χ1v) is 8.66. The highest BCUT2D eigenvalue weighted by Crippen LogP contribution is 2.45. The summed E-state index contributed by atoms with van der Waals surface area (Å²) in [6.07, 6.45) is -3.34. The lowest BCUT2D eigenvalue weighted by Gasteiger charge is -2.37. The molecular weight excluding hydrogens is 343 g/mol. The summed E-state index contributed by atoms with van der Waals surface area (Å²) < 4.78 is 50.8. The van der Waals surface area contributed by atoms with Crippen molar-refractivity contribution in [2.75, 3.05) is 13.2 Å². The Labute approximate surface area is 150 Å². The molecule has 0 aromatic heterocycles. The van der Waals surface area contributed by atoms with Crippen molar-refractivity contribution in [3.05, 3.63) is 59.2 Å². The Morgan fingerprint density at radius 1 is 1.23 bits per heavy atom. The average molecular weight is 363 g/mol. The van der Waals surface area contributed by atoms with Crippen molar-refractivity contribution in [2.24, 2.45) is 0 Å². The van der Waals surface area contributed by atoms with Crippen LogP contribution in [0.25, 0.3) is 0 Å². The van der Waals surface area contributed by atoms with Crippen molar-refractivity contribution in [3.63, 3.8) is 0 Å². The van der Waals surface area contributed by atoms with Gasteiger partial charge in [-0.2, -0.15) is 13.2 Å². The Balaban J connectivity index is 1.53. The van der Waals surface area contributed by atoms with Gasteiger partial charge in [-0.15, -0.1) is 0 Å². The molecule has 0 radical (unpaired) electrons. The van der Waals surface area contributed by atoms with E-state index in [0.717, 1.165) is 30.3 Å². The maximum atomic E-state index is 13.1. The number of benzene rings is 2. The van der Waals surface area contributed by atoms with E-state index in [4.69, 9.17) is 9.47 Å². The van der Waals surface area contributed by atoms with Crippen molar-refractivity contribution < 1.29 is 22.6 Å². The molecule has 0 unspecified atom stereocenters. The molecule has 1 fully saturated rings. The molecule has 2 aliphatic heterocycles. The van der Waals surface area contributed by atoms with E-state index in [9.17, 15) is 13.2 Å². The molecule has 4 rings (SSSR count). The van der Waals surface area contributed by atoms with Gasteiger partial charge in [0, 0.05) is 17.5 Å². The van der Waals surface area contributed by atoms with Gasteiger partial charge in [0.2, 0.25) is 0 Å². The molecule has 2 aromatic carbocycles. The molecule has 3 nitrogen and oxygen atoms in total. The maximum Gasteiger partial charge on any atom is 0.416 e. The minimum absolute atomic E-state index is 0.0545. The normalized spacial score (nSPS) is 24.5. The van der Waals surface area contributed by atoms with Gasteiger partial charge in [-0.05, 0) is 37.6 Å². The molecule has 2 atom stereocenters.